The molecule has 1 fully saturated rings. The number of fused-ring (bicyclic) bond motifs is 1. The number of benzene rings is 2. The number of hydrogen-bond acceptors (Lipinski definition) is 8. The molecule has 3 aromatic rings. The van der Waals surface area contributed by atoms with Gasteiger partial charge >= 0.3 is 0 Å². The van der Waals surface area contributed by atoms with E-state index in [4.69, 9.17) is 5.14 Å². The second-order valence-electron chi connectivity index (χ2n) is 9.65. The molecule has 0 saturated heterocycles. The number of carbonyl (C=O) groups excluding carboxylic acids is 2. The van der Waals surface area contributed by atoms with E-state index in [0.717, 1.165) is 48.1 Å². The van der Waals surface area contributed by atoms with Crippen molar-refractivity contribution in [2.45, 2.75) is 44.3 Å². The van der Waals surface area contributed by atoms with E-state index in [9.17, 15) is 26.4 Å². The number of ketones is 1. The molecule has 1 aliphatic carbocycles. The van der Waals surface area contributed by atoms with Gasteiger partial charge in [0.2, 0.25) is 15.9 Å². The van der Waals surface area contributed by atoms with Crippen molar-refractivity contribution < 1.29 is 26.4 Å². The van der Waals surface area contributed by atoms with Gasteiger partial charge in [-0.3, -0.25) is 9.59 Å². The van der Waals surface area contributed by atoms with Gasteiger partial charge in [-0.05, 0) is 48.4 Å². The van der Waals surface area contributed by atoms with Crippen LogP contribution in [0.25, 0.3) is 21.3 Å². The van der Waals surface area contributed by atoms with Crippen molar-refractivity contribution in [1.29, 1.82) is 0 Å². The molecule has 0 spiro atoms. The molecule has 3 N–H and O–H groups in total. The molecule has 204 valence electrons. The van der Waals surface area contributed by atoms with E-state index in [-0.39, 0.29) is 29.0 Å². The van der Waals surface area contributed by atoms with E-state index in [0.29, 0.717) is 22.2 Å². The van der Waals surface area contributed by atoms with Gasteiger partial charge in [0.15, 0.2) is 20.9 Å². The minimum Gasteiger partial charge on any atom is -0.354 e. The number of primary sulfonamides is 1. The maximum absolute atomic E-state index is 13.2. The summed E-state index contributed by atoms with van der Waals surface area (Å²) in [6.07, 6.45) is 3.93. The van der Waals surface area contributed by atoms with Gasteiger partial charge in [0.1, 0.15) is 5.01 Å². The van der Waals surface area contributed by atoms with Crippen molar-refractivity contribution in [2.24, 2.45) is 11.1 Å². The van der Waals surface area contributed by atoms with Gasteiger partial charge in [-0.25, -0.2) is 27.0 Å². The summed E-state index contributed by atoms with van der Waals surface area (Å²) in [5, 5.41) is 6.02. The molecule has 1 aliphatic rings. The number of unbranched alkanes of at least 4 members (excludes halogenated alkanes) is 1. The van der Waals surface area contributed by atoms with Crippen LogP contribution in [0.4, 0.5) is 0 Å². The zero-order chi connectivity index (χ0) is 27.5. The summed E-state index contributed by atoms with van der Waals surface area (Å²) >= 11 is 1.12. The van der Waals surface area contributed by atoms with Gasteiger partial charge in [-0.1, -0.05) is 43.7 Å². The van der Waals surface area contributed by atoms with Crippen molar-refractivity contribution in [1.82, 2.24) is 10.3 Å². The van der Waals surface area contributed by atoms with Gasteiger partial charge in [0.25, 0.3) is 0 Å². The number of hydrogen-bond donors (Lipinski definition) is 2. The van der Waals surface area contributed by atoms with Crippen molar-refractivity contribution in [2.75, 3.05) is 18.1 Å². The molecule has 0 bridgehead atoms. The lowest BCUT2D eigenvalue weighted by atomic mass is 10.0. The highest BCUT2D eigenvalue weighted by atomic mass is 32.2. The smallest absolute Gasteiger partial charge is 0.245 e. The lowest BCUT2D eigenvalue weighted by Gasteiger charge is -2.15. The molecule has 2 aromatic carbocycles. The number of sulfonamides is 1. The van der Waals surface area contributed by atoms with Gasteiger partial charge in [-0.15, -0.1) is 11.3 Å². The average molecular weight is 578 g/mol. The number of carbonyl (C=O) groups is 2. The summed E-state index contributed by atoms with van der Waals surface area (Å²) in [6.45, 7) is 1.75. The second-order valence-corrected chi connectivity index (χ2v) is 14.6. The molecule has 1 atom stereocenters. The lowest BCUT2D eigenvalue weighted by Crippen LogP contribution is -2.38. The second kappa shape index (κ2) is 11.6. The first-order chi connectivity index (χ1) is 18.0. The molecule has 1 amide bonds. The molecule has 9 nitrogen and oxygen atoms in total. The van der Waals surface area contributed by atoms with Crippen LogP contribution in [0.15, 0.2) is 42.5 Å². The van der Waals surface area contributed by atoms with E-state index in [1.54, 1.807) is 6.07 Å². The Bertz CT molecular complexity index is 1540. The number of amides is 1. The summed E-state index contributed by atoms with van der Waals surface area (Å²) in [6, 6.07) is 12.9. The average Bonchev–Trinajstić information content (AvgIpc) is 3.56. The summed E-state index contributed by atoms with van der Waals surface area (Å²) in [4.78, 5) is 29.8. The van der Waals surface area contributed by atoms with Crippen LogP contribution in [-0.4, -0.2) is 51.6 Å². The van der Waals surface area contributed by atoms with Crippen LogP contribution in [0.3, 0.4) is 0 Å². The number of Topliss-reactive ketones (excluding diaryl/α,β-unsaturated/α-hetero) is 1. The minimum absolute atomic E-state index is 0.0255. The minimum atomic E-state index is -3.88. The zero-order valence-electron chi connectivity index (χ0n) is 21.1. The van der Waals surface area contributed by atoms with E-state index in [2.05, 4.69) is 10.3 Å². The predicted molar refractivity (Wildman–Crippen MR) is 149 cm³/mol. The molecule has 0 radical (unpaired) electrons. The molecule has 1 unspecified atom stereocenters. The highest BCUT2D eigenvalue weighted by Crippen LogP contribution is 2.38. The quantitative estimate of drug-likeness (QED) is 0.294. The third kappa shape index (κ3) is 7.25. The first kappa shape index (κ1) is 28.3. The van der Waals surface area contributed by atoms with E-state index in [1.807, 2.05) is 43.3 Å². The standard InChI is InChI=1S/C26H31N3O6S3/c1-2-3-4-22(30)19-9-7-18(8-10-19)20-11-12-21-23(15-20)36-26(29-21)24(37(32,33)16-17-5-6-17)25(31)28-13-14-38(27,34)35/h7-12,15,17,24H,2-6,13-14,16H2,1H3,(H,28,31)(H2,27,34,35). The summed E-state index contributed by atoms with van der Waals surface area (Å²) < 4.78 is 49.7. The molecule has 1 saturated carbocycles. The first-order valence-corrected chi connectivity index (χ1v) is 16.8. The molecule has 12 heteroatoms. The molecule has 1 heterocycles. The fourth-order valence-corrected chi connectivity index (χ4v) is 8.02. The number of nitrogens with two attached hydrogens (primary N) is 1. The molecule has 4 rings (SSSR count). The number of nitrogens with one attached hydrogen (secondary N) is 1. The number of nitrogens with zero attached hydrogens (tertiary/aromatic N) is 1. The van der Waals surface area contributed by atoms with Crippen molar-refractivity contribution >= 4 is 53.1 Å². The fourth-order valence-electron chi connectivity index (χ4n) is 4.11. The molecule has 38 heavy (non-hydrogen) atoms. The number of sulfone groups is 1. The van der Waals surface area contributed by atoms with Crippen LogP contribution in [0, 0.1) is 5.92 Å². The van der Waals surface area contributed by atoms with Crippen LogP contribution >= 0.6 is 11.3 Å². The highest BCUT2D eigenvalue weighted by molar-refractivity contribution is 7.92. The summed E-state index contributed by atoms with van der Waals surface area (Å²) in [5.74, 6) is -1.29. The maximum Gasteiger partial charge on any atom is 0.245 e. The third-order valence-electron chi connectivity index (χ3n) is 6.37. The predicted octanol–water partition coefficient (Wildman–Crippen LogP) is 3.61. The van der Waals surface area contributed by atoms with E-state index < -0.39 is 36.8 Å². The fraction of sp³-hybridized carbons (Fsp3) is 0.423. The lowest BCUT2D eigenvalue weighted by molar-refractivity contribution is -0.120. The number of thiazole rings is 1. The van der Waals surface area contributed by atoms with Crippen LogP contribution in [0.1, 0.15) is 59.6 Å². The van der Waals surface area contributed by atoms with Crippen LogP contribution in [-0.2, 0) is 24.7 Å². The van der Waals surface area contributed by atoms with Crippen LogP contribution in [0.2, 0.25) is 0 Å². The molecular weight excluding hydrogens is 547 g/mol. The Morgan fingerprint density at radius 2 is 1.76 bits per heavy atom. The largest absolute Gasteiger partial charge is 0.354 e. The monoisotopic (exact) mass is 577 g/mol. The van der Waals surface area contributed by atoms with Gasteiger partial charge < -0.3 is 5.32 Å². The Kier molecular flexibility index (Phi) is 8.65. The number of rotatable bonds is 13. The van der Waals surface area contributed by atoms with Gasteiger partial charge in [0.05, 0.1) is 21.7 Å². The van der Waals surface area contributed by atoms with Gasteiger partial charge in [-0.2, -0.15) is 0 Å². The molecule has 0 aliphatic heterocycles. The topological polar surface area (TPSA) is 153 Å². The highest BCUT2D eigenvalue weighted by Gasteiger charge is 2.40. The van der Waals surface area contributed by atoms with Crippen LogP contribution in [0.5, 0.6) is 0 Å². The Morgan fingerprint density at radius 3 is 2.39 bits per heavy atom. The normalized spacial score (nSPS) is 14.9. The summed E-state index contributed by atoms with van der Waals surface area (Å²) in [5.41, 5.74) is 2.99. The van der Waals surface area contributed by atoms with Gasteiger partial charge in [0, 0.05) is 18.5 Å². The Labute approximate surface area is 226 Å². The maximum atomic E-state index is 13.2. The SMILES string of the molecule is CCCCC(=O)c1ccc(-c2ccc3nc(C(C(=O)NCCS(N)(=O)=O)S(=O)(=O)CC4CC4)sc3c2)cc1. The van der Waals surface area contributed by atoms with Crippen molar-refractivity contribution in [3.05, 3.63) is 53.0 Å². The van der Waals surface area contributed by atoms with E-state index in [1.165, 1.54) is 0 Å². The third-order valence-corrected chi connectivity index (χ3v) is 10.5. The molecular formula is C26H31N3O6S3. The Hall–Kier alpha value is -2.67. The number of aromatic nitrogens is 1. The first-order valence-electron chi connectivity index (χ1n) is 12.5. The Morgan fingerprint density at radius 1 is 1.08 bits per heavy atom. The van der Waals surface area contributed by atoms with Crippen molar-refractivity contribution in [3.63, 3.8) is 0 Å². The van der Waals surface area contributed by atoms with Crippen LogP contribution < -0.4 is 10.5 Å². The van der Waals surface area contributed by atoms with E-state index >= 15 is 0 Å². The zero-order valence-corrected chi connectivity index (χ0v) is 23.5. The van der Waals surface area contributed by atoms with Crippen molar-refractivity contribution in [3.8, 4) is 11.1 Å². The summed E-state index contributed by atoms with van der Waals surface area (Å²) in [7, 11) is -7.70. The Balaban J connectivity index is 1.60. The molecule has 1 aromatic heterocycles.